The Morgan fingerprint density at radius 1 is 1.48 bits per heavy atom. The van der Waals surface area contributed by atoms with Crippen molar-refractivity contribution in [3.8, 4) is 0 Å². The largest absolute Gasteiger partial charge is 0.481 e. The Labute approximate surface area is 130 Å². The number of esters is 1. The van der Waals surface area contributed by atoms with Gasteiger partial charge in [-0.3, -0.25) is 9.59 Å². The molecule has 0 atom stereocenters. The van der Waals surface area contributed by atoms with Crippen LogP contribution >= 0.6 is 23.4 Å². The van der Waals surface area contributed by atoms with Crippen LogP contribution in [0.1, 0.15) is 6.92 Å². The van der Waals surface area contributed by atoms with Crippen LogP contribution in [0.2, 0.25) is 5.02 Å². The lowest BCUT2D eigenvalue weighted by Crippen LogP contribution is -2.14. The van der Waals surface area contributed by atoms with Crippen LogP contribution in [0.25, 0.3) is 11.0 Å². The van der Waals surface area contributed by atoms with Gasteiger partial charge in [-0.15, -0.1) is 0 Å². The van der Waals surface area contributed by atoms with Crippen molar-refractivity contribution in [1.82, 2.24) is 9.55 Å². The molecular weight excluding hydrogens is 316 g/mol. The van der Waals surface area contributed by atoms with Gasteiger partial charge in [0.1, 0.15) is 6.54 Å². The smallest absolute Gasteiger partial charge is 0.326 e. The van der Waals surface area contributed by atoms with Gasteiger partial charge in [0.2, 0.25) is 0 Å². The number of carboxylic acids is 1. The van der Waals surface area contributed by atoms with E-state index in [1.54, 1.807) is 29.7 Å². The SMILES string of the molecule is CCOC(=O)Cn1c(SCC(=O)O)nc2ccc(Cl)cc21. The summed E-state index contributed by atoms with van der Waals surface area (Å²) in [6.07, 6.45) is 0. The van der Waals surface area contributed by atoms with Gasteiger partial charge in [0.15, 0.2) is 5.16 Å². The van der Waals surface area contributed by atoms with E-state index in [0.717, 1.165) is 11.8 Å². The molecule has 1 aromatic heterocycles. The lowest BCUT2D eigenvalue weighted by atomic mass is 10.3. The highest BCUT2D eigenvalue weighted by molar-refractivity contribution is 7.99. The molecule has 0 bridgehead atoms. The molecule has 0 aliphatic heterocycles. The van der Waals surface area contributed by atoms with E-state index in [9.17, 15) is 9.59 Å². The highest BCUT2D eigenvalue weighted by atomic mass is 35.5. The van der Waals surface area contributed by atoms with Crippen molar-refractivity contribution in [2.75, 3.05) is 12.4 Å². The van der Waals surface area contributed by atoms with Crippen LogP contribution in [0.15, 0.2) is 23.4 Å². The molecule has 8 heteroatoms. The number of aliphatic carboxylic acids is 1. The Morgan fingerprint density at radius 2 is 2.24 bits per heavy atom. The Bertz CT molecular complexity index is 686. The number of carbonyl (C=O) groups is 2. The Balaban J connectivity index is 2.40. The fourth-order valence-corrected chi connectivity index (χ4v) is 2.70. The van der Waals surface area contributed by atoms with Gasteiger partial charge in [-0.1, -0.05) is 23.4 Å². The van der Waals surface area contributed by atoms with Crippen molar-refractivity contribution in [2.24, 2.45) is 0 Å². The molecule has 0 aliphatic carbocycles. The highest BCUT2D eigenvalue weighted by Gasteiger charge is 2.16. The van der Waals surface area contributed by atoms with Gasteiger partial charge in [0.05, 0.1) is 23.4 Å². The first-order valence-electron chi connectivity index (χ1n) is 6.17. The van der Waals surface area contributed by atoms with Crippen LogP contribution in [0.5, 0.6) is 0 Å². The zero-order valence-electron chi connectivity index (χ0n) is 11.2. The van der Waals surface area contributed by atoms with E-state index in [1.807, 2.05) is 0 Å². The standard InChI is InChI=1S/C13H13ClN2O4S/c1-2-20-12(19)6-16-10-5-8(14)3-4-9(10)15-13(16)21-7-11(17)18/h3-5H,2,6-7H2,1H3,(H,17,18). The minimum atomic E-state index is -0.951. The Morgan fingerprint density at radius 3 is 2.90 bits per heavy atom. The molecule has 1 N–H and O–H groups in total. The topological polar surface area (TPSA) is 81.4 Å². The first kappa shape index (κ1) is 15.7. The number of imidazole rings is 1. The van der Waals surface area contributed by atoms with Crippen LogP contribution in [0.4, 0.5) is 0 Å². The van der Waals surface area contributed by atoms with Gasteiger partial charge in [-0.2, -0.15) is 0 Å². The van der Waals surface area contributed by atoms with Crippen molar-refractivity contribution in [2.45, 2.75) is 18.6 Å². The second-order valence-corrected chi connectivity index (χ2v) is 5.48. The predicted octanol–water partition coefficient (Wildman–Crippen LogP) is 2.43. The predicted molar refractivity (Wildman–Crippen MR) is 79.7 cm³/mol. The molecule has 2 rings (SSSR count). The van der Waals surface area contributed by atoms with E-state index in [1.165, 1.54) is 0 Å². The maximum absolute atomic E-state index is 11.7. The van der Waals surface area contributed by atoms with E-state index < -0.39 is 11.9 Å². The van der Waals surface area contributed by atoms with Gasteiger partial charge in [0.25, 0.3) is 0 Å². The monoisotopic (exact) mass is 328 g/mol. The van der Waals surface area contributed by atoms with Gasteiger partial charge in [-0.25, -0.2) is 4.98 Å². The number of aromatic nitrogens is 2. The number of hydrogen-bond donors (Lipinski definition) is 1. The second-order valence-electron chi connectivity index (χ2n) is 4.10. The van der Waals surface area contributed by atoms with Crippen LogP contribution in [-0.4, -0.2) is 39.0 Å². The molecule has 0 saturated carbocycles. The van der Waals surface area contributed by atoms with E-state index in [4.69, 9.17) is 21.4 Å². The number of carbonyl (C=O) groups excluding carboxylic acids is 1. The third kappa shape index (κ3) is 3.89. The summed E-state index contributed by atoms with van der Waals surface area (Å²) in [4.78, 5) is 26.7. The van der Waals surface area contributed by atoms with Crippen molar-refractivity contribution in [1.29, 1.82) is 0 Å². The minimum Gasteiger partial charge on any atom is -0.481 e. The number of hydrogen-bond acceptors (Lipinski definition) is 5. The van der Waals surface area contributed by atoms with Crippen LogP contribution in [0, 0.1) is 0 Å². The summed E-state index contributed by atoms with van der Waals surface area (Å²) in [6, 6.07) is 5.11. The Hall–Kier alpha value is -1.73. The van der Waals surface area contributed by atoms with E-state index in [-0.39, 0.29) is 18.9 Å². The first-order valence-corrected chi connectivity index (χ1v) is 7.53. The lowest BCUT2D eigenvalue weighted by molar-refractivity contribution is -0.143. The molecule has 21 heavy (non-hydrogen) atoms. The average molecular weight is 329 g/mol. The first-order chi connectivity index (χ1) is 10.0. The van der Waals surface area contributed by atoms with E-state index in [2.05, 4.69) is 4.98 Å². The molecule has 0 radical (unpaired) electrons. The maximum atomic E-state index is 11.7. The zero-order chi connectivity index (χ0) is 15.4. The summed E-state index contributed by atoms with van der Waals surface area (Å²) in [5.74, 6) is -1.50. The normalized spacial score (nSPS) is 10.8. The molecule has 112 valence electrons. The van der Waals surface area contributed by atoms with Crippen molar-refractivity contribution < 1.29 is 19.4 Å². The molecule has 0 amide bonds. The summed E-state index contributed by atoms with van der Waals surface area (Å²) < 4.78 is 6.55. The number of carboxylic acid groups (broad SMARTS) is 1. The molecular formula is C13H13ClN2O4S. The van der Waals surface area contributed by atoms with Crippen LogP contribution in [0.3, 0.4) is 0 Å². The highest BCUT2D eigenvalue weighted by Crippen LogP contribution is 2.26. The third-order valence-corrected chi connectivity index (χ3v) is 3.79. The maximum Gasteiger partial charge on any atom is 0.326 e. The molecule has 0 unspecified atom stereocenters. The summed E-state index contributed by atoms with van der Waals surface area (Å²) in [5, 5.41) is 9.74. The quantitative estimate of drug-likeness (QED) is 0.648. The van der Waals surface area contributed by atoms with Gasteiger partial charge >= 0.3 is 11.9 Å². The van der Waals surface area contributed by atoms with Gasteiger partial charge in [0, 0.05) is 5.02 Å². The molecule has 0 spiro atoms. The number of fused-ring (bicyclic) bond motifs is 1. The lowest BCUT2D eigenvalue weighted by Gasteiger charge is -2.07. The number of thioether (sulfide) groups is 1. The van der Waals surface area contributed by atoms with Gasteiger partial charge in [-0.05, 0) is 25.1 Å². The number of rotatable bonds is 6. The van der Waals surface area contributed by atoms with Crippen LogP contribution in [-0.2, 0) is 20.9 Å². The zero-order valence-corrected chi connectivity index (χ0v) is 12.8. The molecule has 2 aromatic rings. The summed E-state index contributed by atoms with van der Waals surface area (Å²) >= 11 is 7.02. The fourth-order valence-electron chi connectivity index (χ4n) is 1.80. The fraction of sp³-hybridized carbons (Fsp3) is 0.308. The number of benzene rings is 1. The number of halogens is 1. The summed E-state index contributed by atoms with van der Waals surface area (Å²) in [5.41, 5.74) is 1.32. The Kier molecular flexibility index (Phi) is 5.08. The average Bonchev–Trinajstić information content (AvgIpc) is 2.74. The number of ether oxygens (including phenoxy) is 1. The molecule has 0 saturated heterocycles. The van der Waals surface area contributed by atoms with Crippen molar-refractivity contribution >= 4 is 46.3 Å². The number of nitrogens with zero attached hydrogens (tertiary/aromatic N) is 2. The van der Waals surface area contributed by atoms with Gasteiger partial charge < -0.3 is 14.4 Å². The minimum absolute atomic E-state index is 0.0351. The third-order valence-electron chi connectivity index (χ3n) is 2.59. The summed E-state index contributed by atoms with van der Waals surface area (Å²) in [7, 11) is 0. The van der Waals surface area contributed by atoms with Crippen LogP contribution < -0.4 is 0 Å². The molecule has 0 aliphatic rings. The molecule has 1 heterocycles. The molecule has 6 nitrogen and oxygen atoms in total. The van der Waals surface area contributed by atoms with Crippen molar-refractivity contribution in [3.63, 3.8) is 0 Å². The van der Waals surface area contributed by atoms with E-state index in [0.29, 0.717) is 21.2 Å². The second kappa shape index (κ2) is 6.82. The molecule has 0 fully saturated rings. The summed E-state index contributed by atoms with van der Waals surface area (Å²) in [6.45, 7) is 1.97. The van der Waals surface area contributed by atoms with Crippen molar-refractivity contribution in [3.05, 3.63) is 23.2 Å². The van der Waals surface area contributed by atoms with E-state index >= 15 is 0 Å². The molecule has 1 aromatic carbocycles.